The van der Waals surface area contributed by atoms with E-state index in [-0.39, 0.29) is 18.5 Å². The Hall–Kier alpha value is -1.89. The Morgan fingerprint density at radius 1 is 1.38 bits per heavy atom. The van der Waals surface area contributed by atoms with Crippen molar-refractivity contribution in [1.29, 1.82) is 0 Å². The lowest BCUT2D eigenvalue weighted by Crippen LogP contribution is -2.45. The summed E-state index contributed by atoms with van der Waals surface area (Å²) in [5, 5.41) is 5.61. The van der Waals surface area contributed by atoms with Gasteiger partial charge in [0.25, 0.3) is 5.91 Å². The number of rotatable bonds is 4. The predicted octanol–water partition coefficient (Wildman–Crippen LogP) is 2.27. The summed E-state index contributed by atoms with van der Waals surface area (Å²) in [5.74, 6) is -0.698. The maximum Gasteiger partial charge on any atom is 0.325 e. The molecule has 3 rings (SSSR count). The summed E-state index contributed by atoms with van der Waals surface area (Å²) in [6.07, 6.45) is 4.13. The lowest BCUT2D eigenvalue weighted by Gasteiger charge is -2.22. The molecule has 1 saturated carbocycles. The standard InChI is InChI=1S/C17H20BrN3O3/c1-17(11-5-4-6-12(18)9-11)15(23)21(16(24)20-17)10-14(22)19-13-7-2-3-8-13/h4-6,9,13H,2-3,7-8,10H2,1H3,(H,19,22)(H,20,24)/t17-/m1/s1. The fraction of sp³-hybridized carbons (Fsp3) is 0.471. The van der Waals surface area contributed by atoms with Crippen molar-refractivity contribution >= 4 is 33.8 Å². The predicted molar refractivity (Wildman–Crippen MR) is 92.1 cm³/mol. The van der Waals surface area contributed by atoms with E-state index in [0.29, 0.717) is 5.56 Å². The van der Waals surface area contributed by atoms with Gasteiger partial charge in [-0.2, -0.15) is 0 Å². The third-order valence-corrected chi connectivity index (χ3v) is 5.19. The minimum absolute atomic E-state index is 0.162. The van der Waals surface area contributed by atoms with Crippen molar-refractivity contribution in [1.82, 2.24) is 15.5 Å². The molecule has 4 amide bonds. The number of carbonyl (C=O) groups excluding carboxylic acids is 3. The van der Waals surface area contributed by atoms with Crippen LogP contribution in [-0.4, -0.2) is 35.3 Å². The molecule has 1 heterocycles. The molecule has 0 spiro atoms. The van der Waals surface area contributed by atoms with E-state index in [4.69, 9.17) is 0 Å². The van der Waals surface area contributed by atoms with Crippen LogP contribution in [-0.2, 0) is 15.1 Å². The molecular weight excluding hydrogens is 374 g/mol. The SMILES string of the molecule is C[C@]1(c2cccc(Br)c2)NC(=O)N(CC(=O)NC2CCCC2)C1=O. The van der Waals surface area contributed by atoms with Gasteiger partial charge in [-0.25, -0.2) is 4.79 Å². The average Bonchev–Trinajstić information content (AvgIpc) is 3.11. The van der Waals surface area contributed by atoms with E-state index in [1.165, 1.54) is 0 Å². The Labute approximate surface area is 149 Å². The van der Waals surface area contributed by atoms with Crippen LogP contribution in [0.5, 0.6) is 0 Å². The van der Waals surface area contributed by atoms with Gasteiger partial charge in [0, 0.05) is 10.5 Å². The Balaban J connectivity index is 1.72. The second-order valence-electron chi connectivity index (χ2n) is 6.51. The number of hydrogen-bond donors (Lipinski definition) is 2. The first-order valence-electron chi connectivity index (χ1n) is 8.09. The molecule has 1 aliphatic heterocycles. The molecular formula is C17H20BrN3O3. The number of hydrogen-bond acceptors (Lipinski definition) is 3. The molecule has 0 aromatic heterocycles. The Bertz CT molecular complexity index is 687. The van der Waals surface area contributed by atoms with Gasteiger partial charge in [-0.05, 0) is 37.5 Å². The molecule has 0 bridgehead atoms. The molecule has 24 heavy (non-hydrogen) atoms. The van der Waals surface area contributed by atoms with Crippen LogP contribution >= 0.6 is 15.9 Å². The number of benzene rings is 1. The summed E-state index contributed by atoms with van der Waals surface area (Å²) in [4.78, 5) is 38.1. The molecule has 1 aromatic rings. The second-order valence-corrected chi connectivity index (χ2v) is 7.42. The van der Waals surface area contributed by atoms with Crippen molar-refractivity contribution in [2.24, 2.45) is 0 Å². The van der Waals surface area contributed by atoms with Crippen LogP contribution in [0, 0.1) is 0 Å². The van der Waals surface area contributed by atoms with Crippen molar-refractivity contribution in [3.05, 3.63) is 34.3 Å². The van der Waals surface area contributed by atoms with Gasteiger partial charge in [0.2, 0.25) is 5.91 Å². The highest BCUT2D eigenvalue weighted by Crippen LogP contribution is 2.30. The van der Waals surface area contributed by atoms with Crippen LogP contribution in [0.1, 0.15) is 38.2 Å². The molecule has 0 radical (unpaired) electrons. The third-order valence-electron chi connectivity index (χ3n) is 4.70. The van der Waals surface area contributed by atoms with E-state index in [9.17, 15) is 14.4 Å². The van der Waals surface area contributed by atoms with E-state index in [1.54, 1.807) is 25.1 Å². The third kappa shape index (κ3) is 3.17. The largest absolute Gasteiger partial charge is 0.352 e. The van der Waals surface area contributed by atoms with Gasteiger partial charge in [0.15, 0.2) is 0 Å². The molecule has 2 aliphatic rings. The van der Waals surface area contributed by atoms with Gasteiger partial charge in [-0.15, -0.1) is 0 Å². The lowest BCUT2D eigenvalue weighted by molar-refractivity contribution is -0.135. The van der Waals surface area contributed by atoms with Crippen molar-refractivity contribution in [3.8, 4) is 0 Å². The second kappa shape index (κ2) is 6.55. The summed E-state index contributed by atoms with van der Waals surface area (Å²) >= 11 is 3.37. The fourth-order valence-corrected chi connectivity index (χ4v) is 3.72. The molecule has 1 saturated heterocycles. The zero-order valence-electron chi connectivity index (χ0n) is 13.5. The zero-order chi connectivity index (χ0) is 17.3. The summed E-state index contributed by atoms with van der Waals surface area (Å²) in [6.45, 7) is 1.41. The van der Waals surface area contributed by atoms with Crippen LogP contribution in [0.2, 0.25) is 0 Å². The van der Waals surface area contributed by atoms with Gasteiger partial charge >= 0.3 is 6.03 Å². The number of nitrogens with one attached hydrogen (secondary N) is 2. The molecule has 1 aliphatic carbocycles. The highest BCUT2D eigenvalue weighted by molar-refractivity contribution is 9.10. The van der Waals surface area contributed by atoms with Gasteiger partial charge in [0.05, 0.1) is 0 Å². The summed E-state index contributed by atoms with van der Waals surface area (Å²) in [5.41, 5.74) is -0.483. The van der Waals surface area contributed by atoms with E-state index in [1.807, 2.05) is 6.07 Å². The van der Waals surface area contributed by atoms with Crippen molar-refractivity contribution in [3.63, 3.8) is 0 Å². The quantitative estimate of drug-likeness (QED) is 0.770. The highest BCUT2D eigenvalue weighted by Gasteiger charge is 2.49. The van der Waals surface area contributed by atoms with E-state index in [2.05, 4.69) is 26.6 Å². The first-order valence-corrected chi connectivity index (χ1v) is 8.89. The number of halogens is 1. The summed E-state index contributed by atoms with van der Waals surface area (Å²) in [7, 11) is 0. The van der Waals surface area contributed by atoms with Gasteiger partial charge in [-0.1, -0.05) is 40.9 Å². The molecule has 6 nitrogen and oxygen atoms in total. The van der Waals surface area contributed by atoms with Gasteiger partial charge in [-0.3, -0.25) is 14.5 Å². The topological polar surface area (TPSA) is 78.5 Å². The molecule has 128 valence electrons. The zero-order valence-corrected chi connectivity index (χ0v) is 15.1. The number of amides is 4. The number of nitrogens with zero attached hydrogens (tertiary/aromatic N) is 1. The normalized spacial score (nSPS) is 24.3. The molecule has 7 heteroatoms. The van der Waals surface area contributed by atoms with Crippen LogP contribution < -0.4 is 10.6 Å². The van der Waals surface area contributed by atoms with Crippen molar-refractivity contribution in [2.75, 3.05) is 6.54 Å². The maximum atomic E-state index is 12.8. The lowest BCUT2D eigenvalue weighted by atomic mass is 9.92. The van der Waals surface area contributed by atoms with Gasteiger partial charge < -0.3 is 10.6 Å². The van der Waals surface area contributed by atoms with E-state index < -0.39 is 17.5 Å². The first-order chi connectivity index (χ1) is 11.4. The molecule has 0 unspecified atom stereocenters. The Kier molecular flexibility index (Phi) is 4.62. The van der Waals surface area contributed by atoms with Crippen LogP contribution in [0.4, 0.5) is 4.79 Å². The number of imide groups is 1. The molecule has 2 fully saturated rings. The maximum absolute atomic E-state index is 12.8. The molecule has 2 N–H and O–H groups in total. The van der Waals surface area contributed by atoms with Crippen LogP contribution in [0.3, 0.4) is 0 Å². The molecule has 1 atom stereocenters. The fourth-order valence-electron chi connectivity index (χ4n) is 3.32. The highest BCUT2D eigenvalue weighted by atomic mass is 79.9. The van der Waals surface area contributed by atoms with Crippen LogP contribution in [0.25, 0.3) is 0 Å². The Morgan fingerprint density at radius 3 is 2.75 bits per heavy atom. The van der Waals surface area contributed by atoms with E-state index >= 15 is 0 Å². The van der Waals surface area contributed by atoms with E-state index in [0.717, 1.165) is 35.1 Å². The first kappa shape index (κ1) is 17.0. The monoisotopic (exact) mass is 393 g/mol. The smallest absolute Gasteiger partial charge is 0.325 e. The number of urea groups is 1. The summed E-state index contributed by atoms with van der Waals surface area (Å²) in [6, 6.07) is 6.85. The van der Waals surface area contributed by atoms with Crippen molar-refractivity contribution < 1.29 is 14.4 Å². The minimum Gasteiger partial charge on any atom is -0.352 e. The Morgan fingerprint density at radius 2 is 2.08 bits per heavy atom. The van der Waals surface area contributed by atoms with Crippen LogP contribution in [0.15, 0.2) is 28.7 Å². The minimum atomic E-state index is -1.16. The van der Waals surface area contributed by atoms with Crippen molar-refractivity contribution in [2.45, 2.75) is 44.2 Å². The average molecular weight is 394 g/mol. The molecule has 1 aromatic carbocycles. The summed E-state index contributed by atoms with van der Waals surface area (Å²) < 4.78 is 0.820. The van der Waals surface area contributed by atoms with Gasteiger partial charge in [0.1, 0.15) is 12.1 Å². The number of carbonyl (C=O) groups is 3.